The lowest BCUT2D eigenvalue weighted by molar-refractivity contribution is 0.261. The van der Waals surface area contributed by atoms with Crippen LogP contribution in [0.4, 0.5) is 11.5 Å². The van der Waals surface area contributed by atoms with Gasteiger partial charge in [-0.3, -0.25) is 14.3 Å². The van der Waals surface area contributed by atoms with E-state index in [4.69, 9.17) is 5.73 Å². The van der Waals surface area contributed by atoms with E-state index >= 15 is 0 Å². The topological polar surface area (TPSA) is 96.2 Å². The van der Waals surface area contributed by atoms with E-state index in [0.717, 1.165) is 38.8 Å². The highest BCUT2D eigenvalue weighted by atomic mass is 16.2. The summed E-state index contributed by atoms with van der Waals surface area (Å²) >= 11 is 0. The van der Waals surface area contributed by atoms with Crippen LogP contribution < -0.4 is 22.3 Å². The van der Waals surface area contributed by atoms with Crippen LogP contribution in [0, 0.1) is 0 Å². The number of anilines is 2. The molecule has 0 aliphatic carbocycles. The molecule has 7 heteroatoms. The first-order chi connectivity index (χ1) is 10.0. The lowest BCUT2D eigenvalue weighted by atomic mass is 10.1. The standard InChI is InChI=1S/C14H25N5O2/c1-3-4-8-19-12(15)11(13(20)17-14(19)21)16-10-6-5-7-18(2)9-10/h10,16H,3-9,15H2,1-2H3,(H,17,20,21). The Morgan fingerprint density at radius 1 is 1.43 bits per heavy atom. The molecule has 2 heterocycles. The number of nitrogens with zero attached hydrogens (tertiary/aromatic N) is 2. The first-order valence-electron chi connectivity index (χ1n) is 7.60. The van der Waals surface area contributed by atoms with Crippen LogP contribution in [-0.4, -0.2) is 40.6 Å². The number of nitrogens with two attached hydrogens (primary N) is 1. The van der Waals surface area contributed by atoms with Crippen molar-refractivity contribution >= 4 is 11.5 Å². The quantitative estimate of drug-likeness (QED) is 0.732. The third-order valence-electron chi connectivity index (χ3n) is 3.95. The molecule has 1 fully saturated rings. The van der Waals surface area contributed by atoms with Crippen molar-refractivity contribution in [1.82, 2.24) is 14.5 Å². The summed E-state index contributed by atoms with van der Waals surface area (Å²) in [6, 6.07) is 0.185. The summed E-state index contributed by atoms with van der Waals surface area (Å²) in [5.74, 6) is 0.241. The molecule has 1 aromatic rings. The van der Waals surface area contributed by atoms with Gasteiger partial charge in [0.1, 0.15) is 11.5 Å². The number of nitrogens with one attached hydrogen (secondary N) is 2. The number of hydrogen-bond donors (Lipinski definition) is 3. The molecule has 0 aromatic carbocycles. The Kier molecular flexibility index (Phi) is 5.06. The van der Waals surface area contributed by atoms with Crippen LogP contribution in [0.15, 0.2) is 9.59 Å². The van der Waals surface area contributed by atoms with Gasteiger partial charge in [-0.05, 0) is 32.9 Å². The van der Waals surface area contributed by atoms with Crippen molar-refractivity contribution in [2.24, 2.45) is 0 Å². The minimum atomic E-state index is -0.433. The molecule has 2 rings (SSSR count). The van der Waals surface area contributed by atoms with Gasteiger partial charge in [0.25, 0.3) is 5.56 Å². The predicted octanol–water partition coefficient (Wildman–Crippen LogP) is 0.425. The Bertz CT molecular complexity index is 592. The Hall–Kier alpha value is -1.76. The molecular formula is C14H25N5O2. The van der Waals surface area contributed by atoms with E-state index in [1.807, 2.05) is 6.92 Å². The molecular weight excluding hydrogens is 270 g/mol. The Morgan fingerprint density at radius 2 is 2.19 bits per heavy atom. The second-order valence-electron chi connectivity index (χ2n) is 5.77. The molecule has 1 aliphatic rings. The summed E-state index contributed by atoms with van der Waals surface area (Å²) in [5, 5.41) is 3.22. The number of aromatic nitrogens is 2. The smallest absolute Gasteiger partial charge is 0.330 e. The number of aromatic amines is 1. The van der Waals surface area contributed by atoms with Gasteiger partial charge < -0.3 is 16.0 Å². The predicted molar refractivity (Wildman–Crippen MR) is 84.8 cm³/mol. The fraction of sp³-hybridized carbons (Fsp3) is 0.714. The van der Waals surface area contributed by atoms with Crippen LogP contribution in [0.25, 0.3) is 0 Å². The van der Waals surface area contributed by atoms with E-state index < -0.39 is 11.2 Å². The third-order valence-corrected chi connectivity index (χ3v) is 3.95. The fourth-order valence-corrected chi connectivity index (χ4v) is 2.75. The SMILES string of the molecule is CCCCn1c(N)c(NC2CCCN(C)C2)c(=O)[nH]c1=O. The van der Waals surface area contributed by atoms with E-state index in [0.29, 0.717) is 12.2 Å². The van der Waals surface area contributed by atoms with E-state index in [-0.39, 0.29) is 11.9 Å². The zero-order chi connectivity index (χ0) is 15.4. The number of unbranched alkanes of at least 4 members (excludes halogenated alkanes) is 1. The molecule has 1 aromatic heterocycles. The summed E-state index contributed by atoms with van der Waals surface area (Å²) in [7, 11) is 2.06. The zero-order valence-corrected chi connectivity index (χ0v) is 12.8. The molecule has 7 nitrogen and oxygen atoms in total. The molecule has 21 heavy (non-hydrogen) atoms. The number of likely N-dealkylation sites (tertiary alicyclic amines) is 1. The van der Waals surface area contributed by atoms with Crippen molar-refractivity contribution in [2.45, 2.75) is 45.2 Å². The van der Waals surface area contributed by atoms with Gasteiger partial charge >= 0.3 is 5.69 Å². The number of hydrogen-bond acceptors (Lipinski definition) is 5. The number of rotatable bonds is 5. The van der Waals surface area contributed by atoms with E-state index in [1.54, 1.807) is 0 Å². The highest BCUT2D eigenvalue weighted by molar-refractivity contribution is 5.61. The molecule has 1 unspecified atom stereocenters. The lowest BCUT2D eigenvalue weighted by Gasteiger charge is -2.31. The van der Waals surface area contributed by atoms with Gasteiger partial charge in [0, 0.05) is 19.1 Å². The largest absolute Gasteiger partial charge is 0.383 e. The second kappa shape index (κ2) is 6.80. The van der Waals surface area contributed by atoms with E-state index in [2.05, 4.69) is 22.2 Å². The minimum absolute atomic E-state index is 0.185. The highest BCUT2D eigenvalue weighted by Crippen LogP contribution is 2.17. The summed E-state index contributed by atoms with van der Waals surface area (Å²) in [6.45, 7) is 4.51. The second-order valence-corrected chi connectivity index (χ2v) is 5.77. The number of nitrogen functional groups attached to an aromatic ring is 1. The normalized spacial score (nSPS) is 19.6. The third kappa shape index (κ3) is 3.66. The molecule has 0 radical (unpaired) electrons. The average Bonchev–Trinajstić information content (AvgIpc) is 2.43. The summed E-state index contributed by atoms with van der Waals surface area (Å²) in [6.07, 6.45) is 3.89. The van der Waals surface area contributed by atoms with Crippen LogP contribution >= 0.6 is 0 Å². The maximum Gasteiger partial charge on any atom is 0.330 e. The first kappa shape index (κ1) is 15.6. The minimum Gasteiger partial charge on any atom is -0.383 e. The van der Waals surface area contributed by atoms with Crippen molar-refractivity contribution in [2.75, 3.05) is 31.2 Å². The van der Waals surface area contributed by atoms with Crippen molar-refractivity contribution < 1.29 is 0 Å². The van der Waals surface area contributed by atoms with Crippen LogP contribution in [0.5, 0.6) is 0 Å². The average molecular weight is 295 g/mol. The zero-order valence-electron chi connectivity index (χ0n) is 12.8. The summed E-state index contributed by atoms with van der Waals surface area (Å²) < 4.78 is 1.44. The van der Waals surface area contributed by atoms with Crippen molar-refractivity contribution in [1.29, 1.82) is 0 Å². The van der Waals surface area contributed by atoms with Gasteiger partial charge in [0.05, 0.1) is 0 Å². The number of likely N-dealkylation sites (N-methyl/N-ethyl adjacent to an activating group) is 1. The Labute approximate surface area is 124 Å². The van der Waals surface area contributed by atoms with Crippen LogP contribution in [0.1, 0.15) is 32.6 Å². The summed E-state index contributed by atoms with van der Waals surface area (Å²) in [5.41, 5.74) is 5.50. The molecule has 0 bridgehead atoms. The summed E-state index contributed by atoms with van der Waals surface area (Å²) in [4.78, 5) is 28.4. The molecule has 0 amide bonds. The van der Waals surface area contributed by atoms with Gasteiger partial charge in [0.15, 0.2) is 0 Å². The maximum atomic E-state index is 12.0. The van der Waals surface area contributed by atoms with Crippen molar-refractivity contribution in [3.8, 4) is 0 Å². The molecule has 118 valence electrons. The monoisotopic (exact) mass is 295 g/mol. The van der Waals surface area contributed by atoms with Gasteiger partial charge in [-0.1, -0.05) is 13.3 Å². The molecule has 1 saturated heterocycles. The molecule has 4 N–H and O–H groups in total. The Balaban J connectivity index is 2.26. The van der Waals surface area contributed by atoms with Gasteiger partial charge in [-0.2, -0.15) is 0 Å². The maximum absolute atomic E-state index is 12.0. The van der Waals surface area contributed by atoms with Crippen molar-refractivity contribution in [3.63, 3.8) is 0 Å². The van der Waals surface area contributed by atoms with Gasteiger partial charge in [-0.25, -0.2) is 4.79 Å². The van der Waals surface area contributed by atoms with Gasteiger partial charge in [0.2, 0.25) is 0 Å². The molecule has 0 spiro atoms. The molecule has 1 aliphatic heterocycles. The van der Waals surface area contributed by atoms with E-state index in [1.165, 1.54) is 4.57 Å². The van der Waals surface area contributed by atoms with Crippen LogP contribution in [0.3, 0.4) is 0 Å². The Morgan fingerprint density at radius 3 is 2.86 bits per heavy atom. The molecule has 0 saturated carbocycles. The highest BCUT2D eigenvalue weighted by Gasteiger charge is 2.20. The van der Waals surface area contributed by atoms with E-state index in [9.17, 15) is 9.59 Å². The van der Waals surface area contributed by atoms with Crippen molar-refractivity contribution in [3.05, 3.63) is 20.8 Å². The number of piperidine rings is 1. The van der Waals surface area contributed by atoms with Gasteiger partial charge in [-0.15, -0.1) is 0 Å². The molecule has 1 atom stereocenters. The first-order valence-corrected chi connectivity index (χ1v) is 7.60. The fourth-order valence-electron chi connectivity index (χ4n) is 2.75. The number of H-pyrrole nitrogens is 1. The lowest BCUT2D eigenvalue weighted by Crippen LogP contribution is -2.42. The van der Waals surface area contributed by atoms with Crippen LogP contribution in [-0.2, 0) is 6.54 Å². The van der Waals surface area contributed by atoms with Crippen LogP contribution in [0.2, 0.25) is 0 Å².